The maximum absolute atomic E-state index is 12.9. The predicted octanol–water partition coefficient (Wildman–Crippen LogP) is 5.55. The van der Waals surface area contributed by atoms with Crippen molar-refractivity contribution in [3.63, 3.8) is 0 Å². The minimum Gasteiger partial charge on any atom is -0.465 e. The smallest absolute Gasteiger partial charge is 0.310 e. The van der Waals surface area contributed by atoms with Crippen LogP contribution in [0.2, 0.25) is 0 Å². The van der Waals surface area contributed by atoms with Crippen LogP contribution in [0.5, 0.6) is 0 Å². The zero-order valence-corrected chi connectivity index (χ0v) is 15.2. The summed E-state index contributed by atoms with van der Waals surface area (Å²) in [6, 6.07) is 20.8. The molecule has 2 atom stereocenters. The van der Waals surface area contributed by atoms with Gasteiger partial charge in [-0.25, -0.2) is 0 Å². The Morgan fingerprint density at radius 3 is 1.88 bits per heavy atom. The van der Waals surface area contributed by atoms with Crippen molar-refractivity contribution in [2.75, 3.05) is 6.61 Å². The van der Waals surface area contributed by atoms with Gasteiger partial charge < -0.3 is 4.74 Å². The lowest BCUT2D eigenvalue weighted by atomic mass is 9.53. The second-order valence-electron chi connectivity index (χ2n) is 7.13. The zero-order valence-electron chi connectivity index (χ0n) is 15.2. The molecule has 0 saturated heterocycles. The van der Waals surface area contributed by atoms with Crippen molar-refractivity contribution in [3.8, 4) is 0 Å². The van der Waals surface area contributed by atoms with Gasteiger partial charge in [0.2, 0.25) is 0 Å². The van der Waals surface area contributed by atoms with E-state index in [1.165, 1.54) is 11.1 Å². The Bertz CT molecular complexity index is 618. The van der Waals surface area contributed by atoms with Crippen LogP contribution in [-0.2, 0) is 9.53 Å². The molecule has 1 aliphatic carbocycles. The fourth-order valence-corrected chi connectivity index (χ4v) is 4.24. The van der Waals surface area contributed by atoms with Gasteiger partial charge in [-0.05, 0) is 23.5 Å². The van der Waals surface area contributed by atoms with Crippen molar-refractivity contribution in [2.24, 2.45) is 11.8 Å². The van der Waals surface area contributed by atoms with E-state index in [4.69, 9.17) is 4.74 Å². The standard InChI is InChI=1S/C23H28O2/c1-3-4-11-16-25-23(24)22-20(18-12-7-5-8-13-18)17(2)21(22)19-14-9-6-10-15-19/h5-10,12-15,17,20-22H,3-4,11,16H2,1-2H3. The molecule has 0 N–H and O–H groups in total. The van der Waals surface area contributed by atoms with Crippen LogP contribution in [0.25, 0.3) is 0 Å². The summed E-state index contributed by atoms with van der Waals surface area (Å²) in [5.74, 6) is 0.798. The van der Waals surface area contributed by atoms with E-state index in [9.17, 15) is 4.79 Å². The first-order valence-corrected chi connectivity index (χ1v) is 9.50. The predicted molar refractivity (Wildman–Crippen MR) is 102 cm³/mol. The number of hydrogen-bond donors (Lipinski definition) is 0. The number of carbonyl (C=O) groups is 1. The van der Waals surface area contributed by atoms with Crippen molar-refractivity contribution in [1.29, 1.82) is 0 Å². The average Bonchev–Trinajstić information content (AvgIpc) is 2.65. The second kappa shape index (κ2) is 8.33. The SMILES string of the molecule is CCCCCOC(=O)C1C(c2ccccc2)C(C)C1c1ccccc1. The molecule has 2 nitrogen and oxygen atoms in total. The summed E-state index contributed by atoms with van der Waals surface area (Å²) in [6.45, 7) is 4.96. The van der Waals surface area contributed by atoms with Crippen LogP contribution in [0.1, 0.15) is 56.1 Å². The highest BCUT2D eigenvalue weighted by atomic mass is 16.5. The van der Waals surface area contributed by atoms with Gasteiger partial charge in [0.05, 0.1) is 12.5 Å². The second-order valence-corrected chi connectivity index (χ2v) is 7.13. The Balaban J connectivity index is 1.80. The average molecular weight is 336 g/mol. The molecule has 1 saturated carbocycles. The third-order valence-electron chi connectivity index (χ3n) is 5.54. The minimum absolute atomic E-state index is 0.0306. The first-order valence-electron chi connectivity index (χ1n) is 9.50. The van der Waals surface area contributed by atoms with Crippen LogP contribution in [-0.4, -0.2) is 12.6 Å². The number of hydrogen-bond acceptors (Lipinski definition) is 2. The Hall–Kier alpha value is -2.09. The molecule has 1 fully saturated rings. The van der Waals surface area contributed by atoms with E-state index < -0.39 is 0 Å². The van der Waals surface area contributed by atoms with Crippen molar-refractivity contribution in [3.05, 3.63) is 71.8 Å². The molecule has 132 valence electrons. The molecule has 0 aliphatic heterocycles. The summed E-state index contributed by atoms with van der Waals surface area (Å²) in [5, 5.41) is 0. The lowest BCUT2D eigenvalue weighted by molar-refractivity contribution is -0.156. The first-order chi connectivity index (χ1) is 12.2. The fraction of sp³-hybridized carbons (Fsp3) is 0.435. The monoisotopic (exact) mass is 336 g/mol. The number of benzene rings is 2. The van der Waals surface area contributed by atoms with Crippen molar-refractivity contribution >= 4 is 5.97 Å². The van der Waals surface area contributed by atoms with Crippen LogP contribution < -0.4 is 0 Å². The van der Waals surface area contributed by atoms with E-state index in [1.54, 1.807) is 0 Å². The summed E-state index contributed by atoms with van der Waals surface area (Å²) >= 11 is 0. The van der Waals surface area contributed by atoms with Gasteiger partial charge in [0.15, 0.2) is 0 Å². The third kappa shape index (κ3) is 3.78. The molecule has 25 heavy (non-hydrogen) atoms. The third-order valence-corrected chi connectivity index (χ3v) is 5.54. The molecule has 2 aromatic carbocycles. The maximum Gasteiger partial charge on any atom is 0.310 e. The number of esters is 1. The highest BCUT2D eigenvalue weighted by molar-refractivity contribution is 5.77. The molecule has 3 rings (SSSR count). The minimum atomic E-state index is -0.0820. The van der Waals surface area contributed by atoms with Crippen LogP contribution in [0.15, 0.2) is 60.7 Å². The molecule has 2 heteroatoms. The summed E-state index contributed by atoms with van der Waals surface area (Å²) in [5.41, 5.74) is 2.50. The van der Waals surface area contributed by atoms with Gasteiger partial charge in [-0.1, -0.05) is 87.4 Å². The number of rotatable bonds is 7. The molecule has 0 aromatic heterocycles. The molecule has 0 spiro atoms. The van der Waals surface area contributed by atoms with Gasteiger partial charge in [0.25, 0.3) is 0 Å². The van der Waals surface area contributed by atoms with Gasteiger partial charge in [-0.2, -0.15) is 0 Å². The highest BCUT2D eigenvalue weighted by Gasteiger charge is 2.53. The van der Waals surface area contributed by atoms with E-state index in [2.05, 4.69) is 62.4 Å². The van der Waals surface area contributed by atoms with E-state index in [-0.39, 0.29) is 23.7 Å². The number of ether oxygens (including phenoxy) is 1. The normalized spacial score (nSPS) is 25.2. The van der Waals surface area contributed by atoms with Crippen LogP contribution in [0.4, 0.5) is 0 Å². The Morgan fingerprint density at radius 2 is 1.40 bits per heavy atom. The highest BCUT2D eigenvalue weighted by Crippen LogP contribution is 2.57. The topological polar surface area (TPSA) is 26.3 Å². The molecule has 0 heterocycles. The van der Waals surface area contributed by atoms with Crippen molar-refractivity contribution in [2.45, 2.75) is 44.9 Å². The lowest BCUT2D eigenvalue weighted by Gasteiger charge is -2.50. The quantitative estimate of drug-likeness (QED) is 0.489. The Labute approximate surface area is 151 Å². The van der Waals surface area contributed by atoms with Crippen LogP contribution in [0.3, 0.4) is 0 Å². The molecule has 0 bridgehead atoms. The Morgan fingerprint density at radius 1 is 0.880 bits per heavy atom. The van der Waals surface area contributed by atoms with E-state index in [0.717, 1.165) is 19.3 Å². The van der Waals surface area contributed by atoms with E-state index in [0.29, 0.717) is 12.5 Å². The molecular weight excluding hydrogens is 308 g/mol. The molecule has 2 aromatic rings. The van der Waals surface area contributed by atoms with Gasteiger partial charge in [0, 0.05) is 11.8 Å². The first kappa shape index (κ1) is 17.7. The lowest BCUT2D eigenvalue weighted by Crippen LogP contribution is -2.46. The number of unbranched alkanes of at least 4 members (excludes halogenated alkanes) is 2. The Kier molecular flexibility index (Phi) is 5.91. The molecule has 2 unspecified atom stereocenters. The summed E-state index contributed by atoms with van der Waals surface area (Å²) in [6.07, 6.45) is 3.20. The van der Waals surface area contributed by atoms with Gasteiger partial charge in [-0.15, -0.1) is 0 Å². The van der Waals surface area contributed by atoms with Crippen molar-refractivity contribution < 1.29 is 9.53 Å². The largest absolute Gasteiger partial charge is 0.465 e. The van der Waals surface area contributed by atoms with Crippen LogP contribution >= 0.6 is 0 Å². The zero-order chi connectivity index (χ0) is 17.6. The van der Waals surface area contributed by atoms with Gasteiger partial charge in [0.1, 0.15) is 0 Å². The summed E-state index contributed by atoms with van der Waals surface area (Å²) < 4.78 is 5.66. The summed E-state index contributed by atoms with van der Waals surface area (Å²) in [7, 11) is 0. The fourth-order valence-electron chi connectivity index (χ4n) is 4.24. The van der Waals surface area contributed by atoms with Crippen LogP contribution in [0, 0.1) is 11.8 Å². The number of carbonyl (C=O) groups excluding carboxylic acids is 1. The maximum atomic E-state index is 12.9. The van der Waals surface area contributed by atoms with E-state index in [1.807, 2.05) is 12.1 Å². The van der Waals surface area contributed by atoms with E-state index >= 15 is 0 Å². The molecule has 0 radical (unpaired) electrons. The molecular formula is C23H28O2. The van der Waals surface area contributed by atoms with Gasteiger partial charge in [-0.3, -0.25) is 4.79 Å². The van der Waals surface area contributed by atoms with Crippen molar-refractivity contribution in [1.82, 2.24) is 0 Å². The molecule has 0 amide bonds. The summed E-state index contributed by atoms with van der Waals surface area (Å²) in [4.78, 5) is 12.9. The molecule has 1 aliphatic rings. The van der Waals surface area contributed by atoms with Gasteiger partial charge >= 0.3 is 5.97 Å².